The van der Waals surface area contributed by atoms with Crippen molar-refractivity contribution >= 4 is 11.6 Å². The summed E-state index contributed by atoms with van der Waals surface area (Å²) in [6.07, 6.45) is 5.65. The maximum atomic E-state index is 11.8. The van der Waals surface area contributed by atoms with E-state index in [0.29, 0.717) is 26.2 Å². The molecule has 0 saturated carbocycles. The summed E-state index contributed by atoms with van der Waals surface area (Å²) in [6.45, 7) is 1.59. The molecule has 1 heterocycles. The Morgan fingerprint density at radius 2 is 2.18 bits per heavy atom. The smallest absolute Gasteiger partial charge is 0.227 e. The lowest BCUT2D eigenvalue weighted by molar-refractivity contribution is -0.117. The Kier molecular flexibility index (Phi) is 3.79. The predicted octanol–water partition coefficient (Wildman–Crippen LogP) is 1.69. The van der Waals surface area contributed by atoms with E-state index in [9.17, 15) is 4.79 Å². The van der Waals surface area contributed by atoms with Crippen molar-refractivity contribution in [1.29, 1.82) is 0 Å². The van der Waals surface area contributed by atoms with Crippen LogP contribution in [0.5, 0.6) is 0 Å². The summed E-state index contributed by atoms with van der Waals surface area (Å²) >= 11 is 0. The zero-order chi connectivity index (χ0) is 12.1. The van der Waals surface area contributed by atoms with Gasteiger partial charge in [0.2, 0.25) is 5.91 Å². The molecule has 0 aromatic heterocycles. The topological polar surface area (TPSA) is 29.5 Å². The van der Waals surface area contributed by atoms with Gasteiger partial charge in [0.1, 0.15) is 6.61 Å². The molecule has 0 spiro atoms. The second-order valence-corrected chi connectivity index (χ2v) is 4.13. The Hall–Kier alpha value is -1.79. The van der Waals surface area contributed by atoms with Crippen molar-refractivity contribution in [3.63, 3.8) is 0 Å². The summed E-state index contributed by atoms with van der Waals surface area (Å²) in [5, 5.41) is 0. The molecule has 0 aliphatic carbocycles. The summed E-state index contributed by atoms with van der Waals surface area (Å²) in [5.74, 6) is 2.83. The van der Waals surface area contributed by atoms with E-state index in [2.05, 4.69) is 5.92 Å². The van der Waals surface area contributed by atoms with E-state index in [4.69, 9.17) is 11.2 Å². The zero-order valence-corrected chi connectivity index (χ0v) is 9.63. The fourth-order valence-corrected chi connectivity index (χ4v) is 2.04. The number of hydrogen-bond acceptors (Lipinski definition) is 2. The van der Waals surface area contributed by atoms with Crippen molar-refractivity contribution in [2.24, 2.45) is 5.92 Å². The molecular formula is C14H15NO2. The van der Waals surface area contributed by atoms with Gasteiger partial charge >= 0.3 is 0 Å². The third-order valence-electron chi connectivity index (χ3n) is 2.81. The zero-order valence-electron chi connectivity index (χ0n) is 9.63. The number of para-hydroxylation sites is 1. The van der Waals surface area contributed by atoms with Crippen LogP contribution in [0.2, 0.25) is 0 Å². The molecule has 1 aromatic rings. The van der Waals surface area contributed by atoms with E-state index in [1.165, 1.54) is 0 Å². The number of rotatable bonds is 4. The quantitative estimate of drug-likeness (QED) is 0.581. The number of benzene rings is 1. The first-order chi connectivity index (χ1) is 8.31. The van der Waals surface area contributed by atoms with Gasteiger partial charge in [0.05, 0.1) is 6.61 Å². The average Bonchev–Trinajstić information content (AvgIpc) is 2.72. The summed E-state index contributed by atoms with van der Waals surface area (Å²) in [5.41, 5.74) is 0.956. The van der Waals surface area contributed by atoms with Crippen LogP contribution in [0.25, 0.3) is 0 Å². The van der Waals surface area contributed by atoms with Crippen molar-refractivity contribution in [3.05, 3.63) is 30.3 Å². The summed E-state index contributed by atoms with van der Waals surface area (Å²) < 4.78 is 5.28. The fraction of sp³-hybridized carbons (Fsp3) is 0.357. The Bertz CT molecular complexity index is 422. The van der Waals surface area contributed by atoms with Crippen LogP contribution in [-0.4, -0.2) is 25.7 Å². The third-order valence-corrected chi connectivity index (χ3v) is 2.81. The maximum absolute atomic E-state index is 11.8. The maximum Gasteiger partial charge on any atom is 0.227 e. The number of hydrogen-bond donors (Lipinski definition) is 0. The van der Waals surface area contributed by atoms with Crippen LogP contribution in [0, 0.1) is 18.3 Å². The minimum absolute atomic E-state index is 0.158. The van der Waals surface area contributed by atoms with Crippen LogP contribution in [0.4, 0.5) is 5.69 Å². The molecule has 1 aromatic carbocycles. The monoisotopic (exact) mass is 229 g/mol. The number of anilines is 1. The molecule has 1 unspecified atom stereocenters. The first-order valence-electron chi connectivity index (χ1n) is 5.68. The number of ether oxygens (including phenoxy) is 1. The number of amides is 1. The van der Waals surface area contributed by atoms with Gasteiger partial charge in [0.15, 0.2) is 0 Å². The third kappa shape index (κ3) is 2.86. The van der Waals surface area contributed by atoms with Crippen LogP contribution >= 0.6 is 0 Å². The standard InChI is InChI=1S/C14H15NO2/c1-2-8-17-11-12-9-14(16)15(10-12)13-6-4-3-5-7-13/h1,3-7,12H,8-11H2. The van der Waals surface area contributed by atoms with Crippen molar-refractivity contribution in [2.45, 2.75) is 6.42 Å². The van der Waals surface area contributed by atoms with Crippen LogP contribution < -0.4 is 4.90 Å². The van der Waals surface area contributed by atoms with Gasteiger partial charge < -0.3 is 9.64 Å². The molecule has 0 N–H and O–H groups in total. The van der Waals surface area contributed by atoms with E-state index in [1.54, 1.807) is 0 Å². The molecule has 0 radical (unpaired) electrons. The van der Waals surface area contributed by atoms with E-state index in [0.717, 1.165) is 5.69 Å². The van der Waals surface area contributed by atoms with Crippen LogP contribution in [0.1, 0.15) is 6.42 Å². The highest BCUT2D eigenvalue weighted by Gasteiger charge is 2.30. The normalized spacial score (nSPS) is 19.4. The van der Waals surface area contributed by atoms with Gasteiger partial charge in [-0.3, -0.25) is 4.79 Å². The van der Waals surface area contributed by atoms with Crippen molar-refractivity contribution in [2.75, 3.05) is 24.7 Å². The van der Waals surface area contributed by atoms with Gasteiger partial charge in [0.25, 0.3) is 0 Å². The van der Waals surface area contributed by atoms with Gasteiger partial charge in [0, 0.05) is 24.6 Å². The number of terminal acetylenes is 1. The Labute approximate surface area is 101 Å². The van der Waals surface area contributed by atoms with Gasteiger partial charge in [-0.15, -0.1) is 6.42 Å². The Morgan fingerprint density at radius 3 is 2.88 bits per heavy atom. The molecule has 2 rings (SSSR count). The Morgan fingerprint density at radius 1 is 1.41 bits per heavy atom. The van der Waals surface area contributed by atoms with Gasteiger partial charge in [-0.25, -0.2) is 0 Å². The molecule has 1 aliphatic rings. The highest BCUT2D eigenvalue weighted by Crippen LogP contribution is 2.24. The summed E-state index contributed by atoms with van der Waals surface area (Å²) in [6, 6.07) is 9.71. The van der Waals surface area contributed by atoms with Crippen LogP contribution in [0.15, 0.2) is 30.3 Å². The van der Waals surface area contributed by atoms with E-state index in [1.807, 2.05) is 35.2 Å². The lowest BCUT2D eigenvalue weighted by atomic mass is 10.1. The number of nitrogens with zero attached hydrogens (tertiary/aromatic N) is 1. The largest absolute Gasteiger partial charge is 0.368 e. The highest BCUT2D eigenvalue weighted by atomic mass is 16.5. The minimum atomic E-state index is 0.158. The lowest BCUT2D eigenvalue weighted by Crippen LogP contribution is -2.24. The molecule has 1 saturated heterocycles. The van der Waals surface area contributed by atoms with E-state index in [-0.39, 0.29) is 11.8 Å². The molecule has 3 nitrogen and oxygen atoms in total. The second kappa shape index (κ2) is 5.51. The summed E-state index contributed by atoms with van der Waals surface area (Å²) in [7, 11) is 0. The SMILES string of the molecule is C#CCOCC1CC(=O)N(c2ccccc2)C1. The molecule has 1 aliphatic heterocycles. The van der Waals surface area contributed by atoms with Gasteiger partial charge in [-0.1, -0.05) is 24.1 Å². The van der Waals surface area contributed by atoms with Crippen LogP contribution in [0.3, 0.4) is 0 Å². The minimum Gasteiger partial charge on any atom is -0.368 e. The molecular weight excluding hydrogens is 214 g/mol. The van der Waals surface area contributed by atoms with Gasteiger partial charge in [-0.2, -0.15) is 0 Å². The second-order valence-electron chi connectivity index (χ2n) is 4.13. The van der Waals surface area contributed by atoms with Crippen molar-refractivity contribution in [3.8, 4) is 12.3 Å². The molecule has 88 valence electrons. The average molecular weight is 229 g/mol. The molecule has 1 fully saturated rings. The number of carbonyl (C=O) groups is 1. The first-order valence-corrected chi connectivity index (χ1v) is 5.68. The number of carbonyl (C=O) groups excluding carboxylic acids is 1. The van der Waals surface area contributed by atoms with Gasteiger partial charge in [-0.05, 0) is 12.1 Å². The van der Waals surface area contributed by atoms with E-state index >= 15 is 0 Å². The summed E-state index contributed by atoms with van der Waals surface area (Å²) in [4.78, 5) is 13.7. The predicted molar refractivity (Wildman–Crippen MR) is 66.6 cm³/mol. The molecule has 1 atom stereocenters. The lowest BCUT2D eigenvalue weighted by Gasteiger charge is -2.16. The van der Waals surface area contributed by atoms with E-state index < -0.39 is 0 Å². The fourth-order valence-electron chi connectivity index (χ4n) is 2.04. The molecule has 3 heteroatoms. The van der Waals surface area contributed by atoms with Crippen molar-refractivity contribution < 1.29 is 9.53 Å². The molecule has 1 amide bonds. The highest BCUT2D eigenvalue weighted by molar-refractivity contribution is 5.95. The van der Waals surface area contributed by atoms with Crippen LogP contribution in [-0.2, 0) is 9.53 Å². The Balaban J connectivity index is 1.94. The molecule has 0 bridgehead atoms. The van der Waals surface area contributed by atoms with Crippen molar-refractivity contribution in [1.82, 2.24) is 0 Å². The first kappa shape index (κ1) is 11.7. The molecule has 17 heavy (non-hydrogen) atoms.